The fraction of sp³-hybridized carbons (Fsp3) is 0.571. The number of hydrogen-bond donors (Lipinski definition) is 0. The minimum absolute atomic E-state index is 0.137. The lowest BCUT2D eigenvalue weighted by molar-refractivity contribution is -0.174. The van der Waals surface area contributed by atoms with Crippen LogP contribution >= 0.6 is 11.3 Å². The molecule has 2 aromatic heterocycles. The van der Waals surface area contributed by atoms with E-state index in [0.717, 1.165) is 6.42 Å². The molecule has 0 aliphatic heterocycles. The van der Waals surface area contributed by atoms with Crippen LogP contribution in [0, 0.1) is 5.41 Å². The van der Waals surface area contributed by atoms with E-state index in [9.17, 15) is 4.79 Å². The van der Waals surface area contributed by atoms with Crippen molar-refractivity contribution in [2.75, 3.05) is 6.61 Å². The highest BCUT2D eigenvalue weighted by Gasteiger charge is 2.51. The summed E-state index contributed by atoms with van der Waals surface area (Å²) < 4.78 is 12.8. The Morgan fingerprint density at radius 1 is 1.50 bits per heavy atom. The van der Waals surface area contributed by atoms with Crippen molar-refractivity contribution < 1.29 is 14.3 Å². The standard InChI is InChI=1S/C14H18N4O3S/c1-4-20-10-7-11(14(10,2)3)21-13(19)12-9(5-6-22-12)18-8-15-16-17-18/h5-6,8,10-11H,4,7H2,1-3H3/t10-,11-/m1/s1. The van der Waals surface area contributed by atoms with Gasteiger partial charge in [0.15, 0.2) is 0 Å². The molecule has 1 fully saturated rings. The molecule has 22 heavy (non-hydrogen) atoms. The number of aromatic nitrogens is 4. The maximum absolute atomic E-state index is 12.4. The van der Waals surface area contributed by atoms with Gasteiger partial charge in [-0.25, -0.2) is 4.79 Å². The van der Waals surface area contributed by atoms with Crippen LogP contribution in [0.1, 0.15) is 36.9 Å². The molecule has 3 rings (SSSR count). The molecule has 1 aliphatic rings. The van der Waals surface area contributed by atoms with Crippen molar-refractivity contribution >= 4 is 17.3 Å². The first-order chi connectivity index (χ1) is 10.5. The third-order valence-electron chi connectivity index (χ3n) is 4.13. The van der Waals surface area contributed by atoms with E-state index in [0.29, 0.717) is 17.2 Å². The monoisotopic (exact) mass is 322 g/mol. The Hall–Kier alpha value is -1.80. The van der Waals surface area contributed by atoms with Crippen LogP contribution in [0.2, 0.25) is 0 Å². The third kappa shape index (κ3) is 2.52. The summed E-state index contributed by atoms with van der Waals surface area (Å²) in [6, 6.07) is 1.80. The molecule has 8 heteroatoms. The van der Waals surface area contributed by atoms with Gasteiger partial charge in [0.05, 0.1) is 11.8 Å². The molecule has 0 unspecified atom stereocenters. The molecule has 0 spiro atoms. The van der Waals surface area contributed by atoms with Gasteiger partial charge in [0.25, 0.3) is 0 Å². The lowest BCUT2D eigenvalue weighted by Gasteiger charge is -2.50. The smallest absolute Gasteiger partial charge is 0.350 e. The normalized spacial score (nSPS) is 23.0. The van der Waals surface area contributed by atoms with E-state index in [1.165, 1.54) is 22.3 Å². The van der Waals surface area contributed by atoms with Crippen LogP contribution in [0.25, 0.3) is 5.69 Å². The first kappa shape index (κ1) is 15.1. The lowest BCUT2D eigenvalue weighted by Crippen LogP contribution is -2.56. The topological polar surface area (TPSA) is 79.1 Å². The van der Waals surface area contributed by atoms with Gasteiger partial charge in [-0.2, -0.15) is 4.68 Å². The Morgan fingerprint density at radius 3 is 2.95 bits per heavy atom. The molecule has 1 saturated carbocycles. The molecule has 118 valence electrons. The number of carbonyl (C=O) groups is 1. The van der Waals surface area contributed by atoms with E-state index in [2.05, 4.69) is 29.4 Å². The summed E-state index contributed by atoms with van der Waals surface area (Å²) in [7, 11) is 0. The Labute approximate surface area is 132 Å². The Kier molecular flexibility index (Phi) is 3.96. The van der Waals surface area contributed by atoms with E-state index < -0.39 is 0 Å². The van der Waals surface area contributed by atoms with E-state index >= 15 is 0 Å². The third-order valence-corrected chi connectivity index (χ3v) is 5.01. The van der Waals surface area contributed by atoms with E-state index in [1.54, 1.807) is 6.07 Å². The molecule has 0 N–H and O–H groups in total. The predicted octanol–water partition coefficient (Wildman–Crippen LogP) is 2.08. The van der Waals surface area contributed by atoms with Crippen molar-refractivity contribution in [1.29, 1.82) is 0 Å². The number of hydrogen-bond acceptors (Lipinski definition) is 7. The van der Waals surface area contributed by atoms with Crippen LogP contribution in [-0.4, -0.2) is 45.0 Å². The van der Waals surface area contributed by atoms with Crippen LogP contribution in [-0.2, 0) is 9.47 Å². The van der Waals surface area contributed by atoms with Gasteiger partial charge in [-0.15, -0.1) is 16.4 Å². The highest BCUT2D eigenvalue weighted by atomic mass is 32.1. The van der Waals surface area contributed by atoms with Crippen molar-refractivity contribution in [2.45, 2.75) is 39.4 Å². The first-order valence-corrected chi connectivity index (χ1v) is 8.05. The molecule has 0 aromatic carbocycles. The fourth-order valence-corrected chi connectivity index (χ4v) is 3.38. The van der Waals surface area contributed by atoms with Crippen molar-refractivity contribution in [3.05, 3.63) is 22.7 Å². The minimum Gasteiger partial charge on any atom is -0.457 e. The summed E-state index contributed by atoms with van der Waals surface area (Å²) in [5, 5.41) is 12.8. The molecular weight excluding hydrogens is 304 g/mol. The summed E-state index contributed by atoms with van der Waals surface area (Å²) in [6.07, 6.45) is 2.19. The van der Waals surface area contributed by atoms with Crippen LogP contribution in [0.4, 0.5) is 0 Å². The van der Waals surface area contributed by atoms with Gasteiger partial charge in [-0.3, -0.25) is 0 Å². The average Bonchev–Trinajstić information content (AvgIpc) is 3.16. The van der Waals surface area contributed by atoms with Crippen LogP contribution in [0.3, 0.4) is 0 Å². The maximum Gasteiger partial charge on any atom is 0.350 e. The highest BCUT2D eigenvalue weighted by Crippen LogP contribution is 2.45. The number of ether oxygens (including phenoxy) is 2. The van der Waals surface area contributed by atoms with Gasteiger partial charge in [0.1, 0.15) is 17.3 Å². The predicted molar refractivity (Wildman–Crippen MR) is 80.0 cm³/mol. The minimum atomic E-state index is -0.339. The molecule has 7 nitrogen and oxygen atoms in total. The summed E-state index contributed by atoms with van der Waals surface area (Å²) in [5.41, 5.74) is 0.469. The van der Waals surface area contributed by atoms with Crippen molar-refractivity contribution in [3.63, 3.8) is 0 Å². The van der Waals surface area contributed by atoms with E-state index in [4.69, 9.17) is 9.47 Å². The number of thiophene rings is 1. The second-order valence-electron chi connectivity index (χ2n) is 5.78. The number of nitrogens with zero attached hydrogens (tertiary/aromatic N) is 4. The Bertz CT molecular complexity index is 653. The zero-order chi connectivity index (χ0) is 15.7. The zero-order valence-electron chi connectivity index (χ0n) is 12.7. The van der Waals surface area contributed by atoms with E-state index in [-0.39, 0.29) is 23.6 Å². The number of rotatable bonds is 5. The van der Waals surface area contributed by atoms with Gasteiger partial charge in [-0.1, -0.05) is 13.8 Å². The summed E-state index contributed by atoms with van der Waals surface area (Å²) >= 11 is 1.32. The van der Waals surface area contributed by atoms with Crippen LogP contribution in [0.5, 0.6) is 0 Å². The highest BCUT2D eigenvalue weighted by molar-refractivity contribution is 7.12. The summed E-state index contributed by atoms with van der Waals surface area (Å²) in [5.74, 6) is -0.339. The molecule has 2 atom stereocenters. The Balaban J connectivity index is 1.71. The summed E-state index contributed by atoms with van der Waals surface area (Å²) in [4.78, 5) is 12.9. The van der Waals surface area contributed by atoms with Gasteiger partial charge in [0, 0.05) is 18.4 Å². The first-order valence-electron chi connectivity index (χ1n) is 7.17. The molecule has 2 aromatic rings. The number of tetrazole rings is 1. The lowest BCUT2D eigenvalue weighted by atomic mass is 9.66. The Morgan fingerprint density at radius 2 is 2.32 bits per heavy atom. The van der Waals surface area contributed by atoms with Crippen LogP contribution in [0.15, 0.2) is 17.8 Å². The van der Waals surface area contributed by atoms with E-state index in [1.807, 2.05) is 12.3 Å². The molecule has 0 amide bonds. The molecule has 0 saturated heterocycles. The molecular formula is C14H18N4O3S. The van der Waals surface area contributed by atoms with Crippen molar-refractivity contribution in [3.8, 4) is 5.69 Å². The quantitative estimate of drug-likeness (QED) is 0.784. The van der Waals surface area contributed by atoms with Gasteiger partial charge >= 0.3 is 5.97 Å². The van der Waals surface area contributed by atoms with Crippen LogP contribution < -0.4 is 0 Å². The molecule has 0 radical (unpaired) electrons. The second-order valence-corrected chi connectivity index (χ2v) is 6.70. The van der Waals surface area contributed by atoms with Gasteiger partial charge < -0.3 is 9.47 Å². The average molecular weight is 322 g/mol. The van der Waals surface area contributed by atoms with Crippen molar-refractivity contribution in [2.24, 2.45) is 5.41 Å². The molecule has 1 aliphatic carbocycles. The fourth-order valence-electron chi connectivity index (χ4n) is 2.62. The van der Waals surface area contributed by atoms with Gasteiger partial charge in [-0.05, 0) is 28.8 Å². The largest absolute Gasteiger partial charge is 0.457 e. The zero-order valence-corrected chi connectivity index (χ0v) is 13.5. The number of carbonyl (C=O) groups excluding carboxylic acids is 1. The van der Waals surface area contributed by atoms with Crippen molar-refractivity contribution in [1.82, 2.24) is 20.2 Å². The van der Waals surface area contributed by atoms with Gasteiger partial charge in [0.2, 0.25) is 0 Å². The second kappa shape index (κ2) is 5.77. The maximum atomic E-state index is 12.4. The summed E-state index contributed by atoms with van der Waals surface area (Å²) in [6.45, 7) is 6.76. The molecule has 0 bridgehead atoms. The number of esters is 1. The SMILES string of the molecule is CCO[C@@H]1C[C@@H](OC(=O)c2sccc2-n2cnnn2)C1(C)C. The molecule has 2 heterocycles.